The third-order valence-electron chi connectivity index (χ3n) is 4.85. The Bertz CT molecular complexity index is 1040. The Morgan fingerprint density at radius 3 is 2.41 bits per heavy atom. The molecule has 1 heterocycles. The van der Waals surface area contributed by atoms with Gasteiger partial charge in [-0.15, -0.1) is 0 Å². The van der Waals surface area contributed by atoms with E-state index in [2.05, 4.69) is 5.32 Å². The number of alkyl halides is 3. The second kappa shape index (κ2) is 9.89. The fourth-order valence-electron chi connectivity index (χ4n) is 3.38. The molecule has 4 nitrogen and oxygen atoms in total. The van der Waals surface area contributed by atoms with E-state index >= 15 is 0 Å². The lowest BCUT2D eigenvalue weighted by atomic mass is 10.2. The number of nitrogens with one attached hydrogen (secondary N) is 1. The summed E-state index contributed by atoms with van der Waals surface area (Å²) in [5, 5.41) is 2.68. The first-order valence-electron chi connectivity index (χ1n) is 10.2. The summed E-state index contributed by atoms with van der Waals surface area (Å²) in [6, 6.07) is 14.0. The highest BCUT2D eigenvalue weighted by molar-refractivity contribution is 5.89. The lowest BCUT2D eigenvalue weighted by Crippen LogP contribution is -2.37. The SMILES string of the molecule is CC(C)CN(Cc1cccn1Cc1cccc(F)c1)C(=O)Nc1ccc(C(F)(F)F)cc1. The van der Waals surface area contributed by atoms with Gasteiger partial charge in [0.15, 0.2) is 0 Å². The van der Waals surface area contributed by atoms with Crippen molar-refractivity contribution < 1.29 is 22.4 Å². The van der Waals surface area contributed by atoms with Crippen LogP contribution in [0.5, 0.6) is 0 Å². The molecule has 2 amide bonds. The van der Waals surface area contributed by atoms with E-state index in [1.807, 2.05) is 42.8 Å². The molecule has 32 heavy (non-hydrogen) atoms. The fraction of sp³-hybridized carbons (Fsp3) is 0.292. The number of anilines is 1. The van der Waals surface area contributed by atoms with Crippen LogP contribution in [-0.4, -0.2) is 22.0 Å². The number of benzene rings is 2. The van der Waals surface area contributed by atoms with Gasteiger partial charge >= 0.3 is 12.2 Å². The van der Waals surface area contributed by atoms with Gasteiger partial charge in [0.1, 0.15) is 5.82 Å². The van der Waals surface area contributed by atoms with Crippen molar-refractivity contribution >= 4 is 11.7 Å². The molecule has 0 aliphatic heterocycles. The van der Waals surface area contributed by atoms with Gasteiger partial charge in [0, 0.05) is 30.7 Å². The van der Waals surface area contributed by atoms with Crippen LogP contribution in [0.15, 0.2) is 66.9 Å². The maximum atomic E-state index is 13.5. The lowest BCUT2D eigenvalue weighted by Gasteiger charge is -2.26. The fourth-order valence-corrected chi connectivity index (χ4v) is 3.38. The van der Waals surface area contributed by atoms with Gasteiger partial charge < -0.3 is 14.8 Å². The number of aromatic nitrogens is 1. The largest absolute Gasteiger partial charge is 0.416 e. The summed E-state index contributed by atoms with van der Waals surface area (Å²) in [5.41, 5.74) is 1.17. The molecule has 0 saturated carbocycles. The van der Waals surface area contributed by atoms with Crippen molar-refractivity contribution in [2.24, 2.45) is 5.92 Å². The first-order chi connectivity index (χ1) is 15.1. The van der Waals surface area contributed by atoms with Crippen LogP contribution in [0.2, 0.25) is 0 Å². The summed E-state index contributed by atoms with van der Waals surface area (Å²) in [6.45, 7) is 5.16. The van der Waals surface area contributed by atoms with E-state index in [9.17, 15) is 22.4 Å². The molecule has 1 N–H and O–H groups in total. The van der Waals surface area contributed by atoms with Crippen LogP contribution in [0.4, 0.5) is 28.0 Å². The minimum absolute atomic E-state index is 0.181. The molecular formula is C24H25F4N3O. The van der Waals surface area contributed by atoms with Crippen molar-refractivity contribution in [3.8, 4) is 0 Å². The molecule has 0 spiro atoms. The van der Waals surface area contributed by atoms with Crippen LogP contribution in [-0.2, 0) is 19.3 Å². The van der Waals surface area contributed by atoms with Gasteiger partial charge in [-0.25, -0.2) is 9.18 Å². The molecule has 8 heteroatoms. The summed E-state index contributed by atoms with van der Waals surface area (Å²) < 4.78 is 53.7. The molecule has 0 aliphatic rings. The van der Waals surface area contributed by atoms with Crippen LogP contribution in [0.1, 0.15) is 30.7 Å². The van der Waals surface area contributed by atoms with Crippen LogP contribution < -0.4 is 5.32 Å². The van der Waals surface area contributed by atoms with Gasteiger partial charge in [-0.1, -0.05) is 26.0 Å². The number of nitrogens with zero attached hydrogens (tertiary/aromatic N) is 2. The van der Waals surface area contributed by atoms with Gasteiger partial charge in [-0.3, -0.25) is 0 Å². The van der Waals surface area contributed by atoms with Crippen molar-refractivity contribution in [2.75, 3.05) is 11.9 Å². The van der Waals surface area contributed by atoms with Gasteiger partial charge in [0.2, 0.25) is 0 Å². The van der Waals surface area contributed by atoms with E-state index in [0.29, 0.717) is 19.6 Å². The Morgan fingerprint density at radius 1 is 1.06 bits per heavy atom. The molecule has 0 radical (unpaired) electrons. The van der Waals surface area contributed by atoms with Crippen molar-refractivity contribution in [3.05, 3.63) is 89.5 Å². The summed E-state index contributed by atoms with van der Waals surface area (Å²) in [6.07, 6.45) is -2.57. The Balaban J connectivity index is 1.73. The molecule has 0 aliphatic carbocycles. The van der Waals surface area contributed by atoms with E-state index in [1.165, 1.54) is 24.3 Å². The molecule has 2 aromatic carbocycles. The third-order valence-corrected chi connectivity index (χ3v) is 4.85. The molecule has 3 rings (SSSR count). The molecule has 0 saturated heterocycles. The molecule has 1 aromatic heterocycles. The monoisotopic (exact) mass is 447 g/mol. The van der Waals surface area contributed by atoms with E-state index < -0.39 is 17.8 Å². The zero-order chi connectivity index (χ0) is 23.3. The third kappa shape index (κ3) is 6.35. The molecule has 170 valence electrons. The Hall–Kier alpha value is -3.29. The average molecular weight is 447 g/mol. The van der Waals surface area contributed by atoms with E-state index in [1.54, 1.807) is 11.0 Å². The number of amides is 2. The molecular weight excluding hydrogens is 422 g/mol. The van der Waals surface area contributed by atoms with Gasteiger partial charge in [0.05, 0.1) is 12.1 Å². The first kappa shape index (κ1) is 23.4. The predicted octanol–water partition coefficient (Wildman–Crippen LogP) is 6.38. The minimum Gasteiger partial charge on any atom is -0.345 e. The van der Waals surface area contributed by atoms with E-state index in [4.69, 9.17) is 0 Å². The van der Waals surface area contributed by atoms with Gasteiger partial charge in [0.25, 0.3) is 0 Å². The number of halogens is 4. The highest BCUT2D eigenvalue weighted by Crippen LogP contribution is 2.30. The maximum absolute atomic E-state index is 13.5. The lowest BCUT2D eigenvalue weighted by molar-refractivity contribution is -0.137. The maximum Gasteiger partial charge on any atom is 0.416 e. The van der Waals surface area contributed by atoms with Gasteiger partial charge in [-0.05, 0) is 60.0 Å². The number of hydrogen-bond acceptors (Lipinski definition) is 1. The number of urea groups is 1. The Labute approximate surface area is 184 Å². The van der Waals surface area contributed by atoms with Crippen molar-refractivity contribution in [1.29, 1.82) is 0 Å². The highest BCUT2D eigenvalue weighted by Gasteiger charge is 2.30. The Morgan fingerprint density at radius 2 is 1.78 bits per heavy atom. The predicted molar refractivity (Wildman–Crippen MR) is 116 cm³/mol. The minimum atomic E-state index is -4.43. The standard InChI is InChI=1S/C24H25F4N3O/c1-17(2)14-31(23(32)29-21-10-8-19(9-11-21)24(26,27)28)16-22-7-4-12-30(22)15-18-5-3-6-20(25)13-18/h3-13,17H,14-16H2,1-2H3,(H,29,32). The normalized spacial score (nSPS) is 11.6. The van der Waals surface area contributed by atoms with Gasteiger partial charge in [-0.2, -0.15) is 13.2 Å². The molecule has 0 unspecified atom stereocenters. The molecule has 3 aromatic rings. The summed E-state index contributed by atoms with van der Waals surface area (Å²) in [5.74, 6) is -0.131. The van der Waals surface area contributed by atoms with Crippen LogP contribution in [0, 0.1) is 11.7 Å². The molecule has 0 atom stereocenters. The Kier molecular flexibility index (Phi) is 7.22. The van der Waals surface area contributed by atoms with Crippen LogP contribution in [0.3, 0.4) is 0 Å². The van der Waals surface area contributed by atoms with Crippen molar-refractivity contribution in [1.82, 2.24) is 9.47 Å². The van der Waals surface area contributed by atoms with Crippen LogP contribution in [0.25, 0.3) is 0 Å². The molecule has 0 fully saturated rings. The zero-order valence-electron chi connectivity index (χ0n) is 17.9. The molecule has 0 bridgehead atoms. The van der Waals surface area contributed by atoms with Crippen molar-refractivity contribution in [2.45, 2.75) is 33.1 Å². The highest BCUT2D eigenvalue weighted by atomic mass is 19.4. The van der Waals surface area contributed by atoms with Crippen molar-refractivity contribution in [3.63, 3.8) is 0 Å². The number of carbonyl (C=O) groups excluding carboxylic acids is 1. The summed E-state index contributed by atoms with van der Waals surface area (Å²) in [4.78, 5) is 14.5. The quantitative estimate of drug-likeness (QED) is 0.419. The first-order valence-corrected chi connectivity index (χ1v) is 10.2. The smallest absolute Gasteiger partial charge is 0.345 e. The second-order valence-corrected chi connectivity index (χ2v) is 8.04. The number of carbonyl (C=O) groups is 1. The topological polar surface area (TPSA) is 37.3 Å². The summed E-state index contributed by atoms with van der Waals surface area (Å²) >= 11 is 0. The van der Waals surface area contributed by atoms with E-state index in [-0.39, 0.29) is 17.4 Å². The number of rotatable bonds is 7. The number of hydrogen-bond donors (Lipinski definition) is 1. The van der Waals surface area contributed by atoms with Crippen LogP contribution >= 0.6 is 0 Å². The summed E-state index contributed by atoms with van der Waals surface area (Å²) in [7, 11) is 0. The zero-order valence-corrected chi connectivity index (χ0v) is 17.9. The van der Waals surface area contributed by atoms with E-state index in [0.717, 1.165) is 23.4 Å². The average Bonchev–Trinajstić information content (AvgIpc) is 3.13. The second-order valence-electron chi connectivity index (χ2n) is 8.04.